The van der Waals surface area contributed by atoms with Crippen molar-refractivity contribution >= 4 is 21.8 Å². The molecule has 20 heavy (non-hydrogen) atoms. The van der Waals surface area contributed by atoms with Crippen LogP contribution in [0.25, 0.3) is 0 Å². The topological polar surface area (TPSA) is 38.3 Å². The molecule has 0 aliphatic heterocycles. The van der Waals surface area contributed by atoms with Gasteiger partial charge in [0.05, 0.1) is 12.7 Å². The Hall–Kier alpha value is -1.88. The molecule has 0 aromatic heterocycles. The quantitative estimate of drug-likeness (QED) is 0.926. The number of carbonyl (C=O) groups excluding carboxylic acids is 1. The van der Waals surface area contributed by atoms with Crippen LogP contribution in [0.2, 0.25) is 0 Å². The van der Waals surface area contributed by atoms with Crippen molar-refractivity contribution < 1.29 is 13.9 Å². The summed E-state index contributed by atoms with van der Waals surface area (Å²) in [4.78, 5) is 12.1. The first-order valence-corrected chi connectivity index (χ1v) is 6.75. The van der Waals surface area contributed by atoms with Crippen molar-refractivity contribution in [3.63, 3.8) is 0 Å². The van der Waals surface area contributed by atoms with Crippen LogP contribution in [0.3, 0.4) is 0 Å². The SMILES string of the molecule is COc1ccc(F)cc1C(=O)NCc1cccc(Br)c1. The summed E-state index contributed by atoms with van der Waals surface area (Å²) < 4.78 is 19.2. The van der Waals surface area contributed by atoms with Gasteiger partial charge in [0.2, 0.25) is 0 Å². The maximum atomic E-state index is 13.2. The van der Waals surface area contributed by atoms with E-state index in [1.807, 2.05) is 24.3 Å². The van der Waals surface area contributed by atoms with Crippen LogP contribution in [0, 0.1) is 5.82 Å². The molecule has 0 spiro atoms. The van der Waals surface area contributed by atoms with E-state index >= 15 is 0 Å². The monoisotopic (exact) mass is 337 g/mol. The van der Waals surface area contributed by atoms with Gasteiger partial charge in [0.1, 0.15) is 11.6 Å². The molecule has 0 saturated heterocycles. The lowest BCUT2D eigenvalue weighted by Gasteiger charge is -2.09. The second-order valence-electron chi connectivity index (χ2n) is 4.16. The number of benzene rings is 2. The van der Waals surface area contributed by atoms with E-state index in [0.29, 0.717) is 12.3 Å². The molecule has 0 saturated carbocycles. The van der Waals surface area contributed by atoms with Gasteiger partial charge in [-0.2, -0.15) is 0 Å². The first-order valence-electron chi connectivity index (χ1n) is 5.96. The third-order valence-electron chi connectivity index (χ3n) is 2.75. The summed E-state index contributed by atoms with van der Waals surface area (Å²) >= 11 is 3.36. The molecule has 2 rings (SSSR count). The van der Waals surface area contributed by atoms with Crippen molar-refractivity contribution in [2.75, 3.05) is 7.11 Å². The molecule has 0 aliphatic carbocycles. The van der Waals surface area contributed by atoms with Gasteiger partial charge in [-0.25, -0.2) is 4.39 Å². The summed E-state index contributed by atoms with van der Waals surface area (Å²) in [5.74, 6) is -0.502. The highest BCUT2D eigenvalue weighted by Crippen LogP contribution is 2.19. The molecule has 1 amide bonds. The van der Waals surface area contributed by atoms with E-state index in [0.717, 1.165) is 16.1 Å². The van der Waals surface area contributed by atoms with Crippen LogP contribution >= 0.6 is 15.9 Å². The molecule has 0 heterocycles. The Kier molecular flexibility index (Phi) is 4.74. The van der Waals surface area contributed by atoms with Crippen LogP contribution in [0.4, 0.5) is 4.39 Å². The van der Waals surface area contributed by atoms with Crippen LogP contribution in [0.1, 0.15) is 15.9 Å². The fourth-order valence-electron chi connectivity index (χ4n) is 1.78. The molecule has 0 unspecified atom stereocenters. The fraction of sp³-hybridized carbons (Fsp3) is 0.133. The summed E-state index contributed by atoms with van der Waals surface area (Å²) in [6.45, 7) is 0.359. The number of rotatable bonds is 4. The Morgan fingerprint density at radius 2 is 2.10 bits per heavy atom. The van der Waals surface area contributed by atoms with Crippen molar-refractivity contribution in [2.24, 2.45) is 0 Å². The Balaban J connectivity index is 2.10. The van der Waals surface area contributed by atoms with E-state index in [1.165, 1.54) is 19.2 Å². The minimum Gasteiger partial charge on any atom is -0.496 e. The van der Waals surface area contributed by atoms with Crippen LogP contribution in [0.5, 0.6) is 5.75 Å². The average Bonchev–Trinajstić information content (AvgIpc) is 2.45. The number of halogens is 2. The Labute approximate surface area is 124 Å². The van der Waals surface area contributed by atoms with Crippen molar-refractivity contribution in [1.29, 1.82) is 0 Å². The Bertz CT molecular complexity index is 631. The predicted molar refractivity (Wildman–Crippen MR) is 78.3 cm³/mol. The lowest BCUT2D eigenvalue weighted by molar-refractivity contribution is 0.0947. The molecule has 0 fully saturated rings. The van der Waals surface area contributed by atoms with E-state index in [1.54, 1.807) is 0 Å². The maximum Gasteiger partial charge on any atom is 0.255 e. The highest BCUT2D eigenvalue weighted by Gasteiger charge is 2.13. The van der Waals surface area contributed by atoms with E-state index in [-0.39, 0.29) is 11.5 Å². The smallest absolute Gasteiger partial charge is 0.255 e. The molecule has 0 atom stereocenters. The first kappa shape index (κ1) is 14.5. The Morgan fingerprint density at radius 3 is 2.80 bits per heavy atom. The molecule has 0 radical (unpaired) electrons. The summed E-state index contributed by atoms with van der Waals surface area (Å²) in [7, 11) is 1.44. The second-order valence-corrected chi connectivity index (χ2v) is 5.07. The molecule has 2 aromatic rings. The number of carbonyl (C=O) groups is 1. The number of ether oxygens (including phenoxy) is 1. The lowest BCUT2D eigenvalue weighted by Crippen LogP contribution is -2.23. The van der Waals surface area contributed by atoms with Crippen LogP contribution in [-0.2, 0) is 6.54 Å². The van der Waals surface area contributed by atoms with Crippen molar-refractivity contribution in [2.45, 2.75) is 6.54 Å². The number of amides is 1. The van der Waals surface area contributed by atoms with Gasteiger partial charge >= 0.3 is 0 Å². The minimum atomic E-state index is -0.474. The molecule has 3 nitrogen and oxygen atoms in total. The zero-order valence-corrected chi connectivity index (χ0v) is 12.4. The fourth-order valence-corrected chi connectivity index (χ4v) is 2.23. The lowest BCUT2D eigenvalue weighted by atomic mass is 10.1. The number of hydrogen-bond donors (Lipinski definition) is 1. The molecule has 1 N–H and O–H groups in total. The summed E-state index contributed by atoms with van der Waals surface area (Å²) in [6.07, 6.45) is 0. The van der Waals surface area contributed by atoms with Crippen molar-refractivity contribution in [3.05, 3.63) is 63.9 Å². The van der Waals surface area contributed by atoms with Gasteiger partial charge in [-0.3, -0.25) is 4.79 Å². The predicted octanol–water partition coefficient (Wildman–Crippen LogP) is 3.53. The molecular weight excluding hydrogens is 325 g/mol. The summed E-state index contributed by atoms with van der Waals surface area (Å²) in [5, 5.41) is 2.74. The number of nitrogens with one attached hydrogen (secondary N) is 1. The largest absolute Gasteiger partial charge is 0.496 e. The minimum absolute atomic E-state index is 0.183. The zero-order valence-electron chi connectivity index (χ0n) is 10.8. The van der Waals surface area contributed by atoms with E-state index in [9.17, 15) is 9.18 Å². The standard InChI is InChI=1S/C15H13BrFNO2/c1-20-14-6-5-12(17)8-13(14)15(19)18-9-10-3-2-4-11(16)7-10/h2-8H,9H2,1H3,(H,18,19). The summed E-state index contributed by atoms with van der Waals surface area (Å²) in [5.41, 5.74) is 1.13. The van der Waals surface area contributed by atoms with Gasteiger partial charge in [0.15, 0.2) is 0 Å². The molecular formula is C15H13BrFNO2. The van der Waals surface area contributed by atoms with Crippen LogP contribution in [0.15, 0.2) is 46.9 Å². The van der Waals surface area contributed by atoms with Gasteiger partial charge in [0, 0.05) is 11.0 Å². The van der Waals surface area contributed by atoms with Crippen LogP contribution < -0.4 is 10.1 Å². The molecule has 5 heteroatoms. The van der Waals surface area contributed by atoms with Crippen molar-refractivity contribution in [1.82, 2.24) is 5.32 Å². The number of hydrogen-bond acceptors (Lipinski definition) is 2. The highest BCUT2D eigenvalue weighted by atomic mass is 79.9. The number of methoxy groups -OCH3 is 1. The van der Waals surface area contributed by atoms with Gasteiger partial charge in [-0.1, -0.05) is 28.1 Å². The maximum absolute atomic E-state index is 13.2. The van der Waals surface area contributed by atoms with Gasteiger partial charge in [-0.05, 0) is 35.9 Å². The Morgan fingerprint density at radius 1 is 1.30 bits per heavy atom. The third kappa shape index (κ3) is 3.57. The van der Waals surface area contributed by atoms with E-state index in [2.05, 4.69) is 21.2 Å². The zero-order chi connectivity index (χ0) is 14.5. The summed E-state index contributed by atoms with van der Waals surface area (Å²) in [6, 6.07) is 11.4. The van der Waals surface area contributed by atoms with Gasteiger partial charge in [0.25, 0.3) is 5.91 Å². The molecule has 0 aliphatic rings. The van der Waals surface area contributed by atoms with Gasteiger partial charge < -0.3 is 10.1 Å². The van der Waals surface area contributed by atoms with Crippen LogP contribution in [-0.4, -0.2) is 13.0 Å². The second kappa shape index (κ2) is 6.52. The molecule has 2 aromatic carbocycles. The normalized spacial score (nSPS) is 10.2. The highest BCUT2D eigenvalue weighted by molar-refractivity contribution is 9.10. The van der Waals surface area contributed by atoms with E-state index in [4.69, 9.17) is 4.74 Å². The van der Waals surface area contributed by atoms with E-state index < -0.39 is 5.82 Å². The average molecular weight is 338 g/mol. The first-order chi connectivity index (χ1) is 9.60. The molecule has 0 bridgehead atoms. The third-order valence-corrected chi connectivity index (χ3v) is 3.24. The van der Waals surface area contributed by atoms with Crippen molar-refractivity contribution in [3.8, 4) is 5.75 Å². The molecule has 104 valence electrons. The van der Waals surface area contributed by atoms with Gasteiger partial charge in [-0.15, -0.1) is 0 Å².